The molecule has 0 atom stereocenters. The zero-order valence-corrected chi connectivity index (χ0v) is 7.32. The van der Waals surface area contributed by atoms with Gasteiger partial charge in [-0.05, 0) is 17.7 Å². The summed E-state index contributed by atoms with van der Waals surface area (Å²) >= 11 is 7.51. The number of hydrogen-bond acceptors (Lipinski definition) is 1. The Morgan fingerprint density at radius 2 is 1.78 bits per heavy atom. The topological polar surface area (TPSA) is 0 Å². The molecule has 0 N–H and O–H groups in total. The highest BCUT2D eigenvalue weighted by atomic mass is 79.9. The van der Waals surface area contributed by atoms with Crippen LogP contribution in [0.3, 0.4) is 0 Å². The van der Waals surface area contributed by atoms with E-state index < -0.39 is 0 Å². The maximum absolute atomic E-state index is 4.16. The Morgan fingerprint density at radius 3 is 2.22 bits per heavy atom. The van der Waals surface area contributed by atoms with E-state index in [0.29, 0.717) is 0 Å². The van der Waals surface area contributed by atoms with Crippen LogP contribution in [0.15, 0.2) is 29.2 Å². The maximum atomic E-state index is 4.16. The van der Waals surface area contributed by atoms with Gasteiger partial charge in [0.05, 0.1) is 0 Å². The van der Waals surface area contributed by atoms with Crippen molar-refractivity contribution in [1.29, 1.82) is 0 Å². The second kappa shape index (κ2) is 3.28. The van der Waals surface area contributed by atoms with Crippen LogP contribution in [0, 0.1) is 0 Å². The van der Waals surface area contributed by atoms with Gasteiger partial charge in [0.1, 0.15) is 0 Å². The van der Waals surface area contributed by atoms with Gasteiger partial charge in [0, 0.05) is 10.2 Å². The van der Waals surface area contributed by atoms with Gasteiger partial charge in [0.15, 0.2) is 0 Å². The molecule has 1 rings (SSSR count). The van der Waals surface area contributed by atoms with Gasteiger partial charge in [-0.15, -0.1) is 12.6 Å². The average molecular weight is 203 g/mol. The van der Waals surface area contributed by atoms with Crippen molar-refractivity contribution in [2.24, 2.45) is 0 Å². The minimum Gasteiger partial charge on any atom is -0.143 e. The van der Waals surface area contributed by atoms with Crippen molar-refractivity contribution in [2.75, 3.05) is 0 Å². The highest BCUT2D eigenvalue weighted by Crippen LogP contribution is 2.09. The molecule has 0 aliphatic heterocycles. The molecule has 0 amide bonds. The maximum Gasteiger partial charge on any atom is 0.0283 e. The van der Waals surface area contributed by atoms with Crippen LogP contribution in [0.25, 0.3) is 0 Å². The predicted octanol–water partition coefficient (Wildman–Crippen LogP) is 2.87. The standard InChI is InChI=1S/C7H7BrS/c8-5-6-1-3-7(9)4-2-6/h1-4,9H,5H2. The summed E-state index contributed by atoms with van der Waals surface area (Å²) in [5.74, 6) is 0. The van der Waals surface area contributed by atoms with E-state index in [2.05, 4.69) is 40.7 Å². The first kappa shape index (κ1) is 7.16. The summed E-state index contributed by atoms with van der Waals surface area (Å²) in [4.78, 5) is 1.01. The molecule has 0 aromatic heterocycles. The number of thiol groups is 1. The smallest absolute Gasteiger partial charge is 0.0283 e. The third-order valence-electron chi connectivity index (χ3n) is 1.09. The minimum atomic E-state index is 0.918. The van der Waals surface area contributed by atoms with E-state index in [4.69, 9.17) is 0 Å². The molecule has 0 saturated carbocycles. The number of rotatable bonds is 1. The molecule has 0 saturated heterocycles. The van der Waals surface area contributed by atoms with Crippen LogP contribution in [0.1, 0.15) is 5.56 Å². The molecule has 2 heteroatoms. The Labute approximate surface area is 68.8 Å². The quantitative estimate of drug-likeness (QED) is 0.526. The number of hydrogen-bond donors (Lipinski definition) is 1. The molecule has 0 aliphatic rings. The molecule has 0 spiro atoms. The summed E-state index contributed by atoms with van der Waals surface area (Å²) in [6.45, 7) is 0. The summed E-state index contributed by atoms with van der Waals surface area (Å²) < 4.78 is 0. The number of alkyl halides is 1. The summed E-state index contributed by atoms with van der Waals surface area (Å²) in [5, 5.41) is 0.918. The molecule has 9 heavy (non-hydrogen) atoms. The highest BCUT2D eigenvalue weighted by molar-refractivity contribution is 9.08. The van der Waals surface area contributed by atoms with Crippen LogP contribution in [0.4, 0.5) is 0 Å². The Hall–Kier alpha value is 0.0500. The van der Waals surface area contributed by atoms with E-state index in [1.54, 1.807) is 0 Å². The summed E-state index contributed by atoms with van der Waals surface area (Å²) in [6.07, 6.45) is 0. The predicted molar refractivity (Wildman–Crippen MR) is 46.3 cm³/mol. The largest absolute Gasteiger partial charge is 0.143 e. The second-order valence-electron chi connectivity index (χ2n) is 1.80. The number of halogens is 1. The van der Waals surface area contributed by atoms with Gasteiger partial charge < -0.3 is 0 Å². The van der Waals surface area contributed by atoms with E-state index >= 15 is 0 Å². The van der Waals surface area contributed by atoms with E-state index in [1.165, 1.54) is 5.56 Å². The van der Waals surface area contributed by atoms with E-state index in [1.807, 2.05) is 12.1 Å². The Kier molecular flexibility index (Phi) is 2.61. The fourth-order valence-corrected chi connectivity index (χ4v) is 1.11. The zero-order chi connectivity index (χ0) is 6.69. The lowest BCUT2D eigenvalue weighted by Gasteiger charge is -1.92. The lowest BCUT2D eigenvalue weighted by molar-refractivity contribution is 1.37. The zero-order valence-electron chi connectivity index (χ0n) is 4.84. The van der Waals surface area contributed by atoms with Crippen LogP contribution in [0.5, 0.6) is 0 Å². The van der Waals surface area contributed by atoms with Crippen LogP contribution >= 0.6 is 28.6 Å². The molecule has 0 heterocycles. The van der Waals surface area contributed by atoms with Crippen LogP contribution in [-0.4, -0.2) is 0 Å². The molecule has 0 unspecified atom stereocenters. The van der Waals surface area contributed by atoms with Gasteiger partial charge in [-0.2, -0.15) is 0 Å². The Bertz CT molecular complexity index is 181. The normalized spacial score (nSPS) is 9.56. The molecule has 1 aromatic rings. The van der Waals surface area contributed by atoms with Crippen molar-refractivity contribution in [3.8, 4) is 0 Å². The third kappa shape index (κ3) is 2.03. The first-order valence-electron chi connectivity index (χ1n) is 2.67. The van der Waals surface area contributed by atoms with Gasteiger partial charge >= 0.3 is 0 Å². The van der Waals surface area contributed by atoms with E-state index in [0.717, 1.165) is 10.2 Å². The molecule has 0 fully saturated rings. The molecule has 0 radical (unpaired) electrons. The first-order chi connectivity index (χ1) is 4.33. The lowest BCUT2D eigenvalue weighted by Crippen LogP contribution is -1.73. The fraction of sp³-hybridized carbons (Fsp3) is 0.143. The summed E-state index contributed by atoms with van der Waals surface area (Å²) in [7, 11) is 0. The Balaban J connectivity index is 2.88. The van der Waals surface area contributed by atoms with Gasteiger partial charge in [0.2, 0.25) is 0 Å². The lowest BCUT2D eigenvalue weighted by atomic mass is 10.2. The summed E-state index contributed by atoms with van der Waals surface area (Å²) in [5.41, 5.74) is 1.28. The Morgan fingerprint density at radius 1 is 1.22 bits per heavy atom. The monoisotopic (exact) mass is 202 g/mol. The summed E-state index contributed by atoms with van der Waals surface area (Å²) in [6, 6.07) is 8.08. The molecule has 0 nitrogen and oxygen atoms in total. The van der Waals surface area contributed by atoms with E-state index in [-0.39, 0.29) is 0 Å². The van der Waals surface area contributed by atoms with Gasteiger partial charge in [0.25, 0.3) is 0 Å². The third-order valence-corrected chi connectivity index (χ3v) is 2.04. The van der Waals surface area contributed by atoms with Crippen molar-refractivity contribution in [2.45, 2.75) is 10.2 Å². The number of benzene rings is 1. The van der Waals surface area contributed by atoms with Crippen molar-refractivity contribution in [1.82, 2.24) is 0 Å². The minimum absolute atomic E-state index is 0.918. The molecule has 0 bridgehead atoms. The molecular weight excluding hydrogens is 196 g/mol. The van der Waals surface area contributed by atoms with Crippen molar-refractivity contribution in [3.05, 3.63) is 29.8 Å². The highest BCUT2D eigenvalue weighted by Gasteiger charge is 1.86. The first-order valence-corrected chi connectivity index (χ1v) is 4.23. The average Bonchev–Trinajstić information content (AvgIpc) is 1.90. The van der Waals surface area contributed by atoms with Crippen LogP contribution in [0.2, 0.25) is 0 Å². The van der Waals surface area contributed by atoms with Gasteiger partial charge in [-0.3, -0.25) is 0 Å². The van der Waals surface area contributed by atoms with Crippen molar-refractivity contribution < 1.29 is 0 Å². The second-order valence-corrected chi connectivity index (χ2v) is 2.88. The van der Waals surface area contributed by atoms with Gasteiger partial charge in [-0.1, -0.05) is 28.1 Å². The van der Waals surface area contributed by atoms with Crippen LogP contribution in [-0.2, 0) is 5.33 Å². The molecule has 1 aromatic carbocycles. The van der Waals surface area contributed by atoms with Gasteiger partial charge in [-0.25, -0.2) is 0 Å². The molecule has 48 valence electrons. The fourth-order valence-electron chi connectivity index (χ4n) is 0.585. The molecular formula is C7H7BrS. The van der Waals surface area contributed by atoms with Crippen molar-refractivity contribution in [3.63, 3.8) is 0 Å². The van der Waals surface area contributed by atoms with Crippen LogP contribution < -0.4 is 0 Å². The van der Waals surface area contributed by atoms with Crippen molar-refractivity contribution >= 4 is 28.6 Å². The molecule has 0 aliphatic carbocycles. The van der Waals surface area contributed by atoms with E-state index in [9.17, 15) is 0 Å². The SMILES string of the molecule is Sc1ccc(CBr)cc1.